The molecular weight excluding hydrogens is 330 g/mol. The van der Waals surface area contributed by atoms with Crippen molar-refractivity contribution < 1.29 is 0 Å². The van der Waals surface area contributed by atoms with Gasteiger partial charge in [0.05, 0.1) is 5.02 Å². The average molecular weight is 342 g/mol. The zero-order chi connectivity index (χ0) is 16.4. The largest absolute Gasteiger partial charge is 0.305 e. The molecule has 2 aromatic heterocycles. The van der Waals surface area contributed by atoms with Crippen LogP contribution in [0.5, 0.6) is 0 Å². The molecule has 1 aromatic carbocycles. The van der Waals surface area contributed by atoms with Crippen molar-refractivity contribution in [3.63, 3.8) is 0 Å². The van der Waals surface area contributed by atoms with Gasteiger partial charge in [-0.1, -0.05) is 41.4 Å². The lowest BCUT2D eigenvalue weighted by atomic mass is 10.1. The van der Waals surface area contributed by atoms with E-state index in [0.29, 0.717) is 15.2 Å². The summed E-state index contributed by atoms with van der Waals surface area (Å²) in [7, 11) is 1.90. The molecule has 0 N–H and O–H groups in total. The number of aryl methyl sites for hydroxylation is 1. The number of aromatic nitrogens is 4. The Morgan fingerprint density at radius 1 is 1.13 bits per heavy atom. The van der Waals surface area contributed by atoms with Crippen molar-refractivity contribution in [2.24, 2.45) is 7.05 Å². The molecular formula is C16H12ClN5S. The lowest BCUT2D eigenvalue weighted by molar-refractivity contribution is 0.792. The maximum absolute atomic E-state index is 9.00. The molecule has 3 rings (SSSR count). The van der Waals surface area contributed by atoms with Crippen LogP contribution in [0.1, 0.15) is 11.3 Å². The second kappa shape index (κ2) is 6.41. The molecule has 5 nitrogen and oxygen atoms in total. The minimum absolute atomic E-state index is 0.206. The molecule has 0 unspecified atom stereocenters. The highest BCUT2D eigenvalue weighted by Crippen LogP contribution is 2.29. The molecule has 0 aliphatic heterocycles. The van der Waals surface area contributed by atoms with Crippen molar-refractivity contribution in [1.29, 1.82) is 5.26 Å². The highest BCUT2D eigenvalue weighted by atomic mass is 35.5. The SMILES string of the molecule is Cc1ccc(-c2nnc(Sc3ccc(Cl)c(C#N)n3)n2C)cc1. The first-order valence-electron chi connectivity index (χ1n) is 6.79. The smallest absolute Gasteiger partial charge is 0.197 e. The van der Waals surface area contributed by atoms with Gasteiger partial charge >= 0.3 is 0 Å². The molecule has 0 spiro atoms. The van der Waals surface area contributed by atoms with Gasteiger partial charge in [0.1, 0.15) is 11.1 Å². The lowest BCUT2D eigenvalue weighted by Gasteiger charge is -2.04. The standard InChI is InChI=1S/C16H12ClN5S/c1-10-3-5-11(6-4-10)15-20-21-16(22(15)2)23-14-8-7-12(17)13(9-18)19-14/h3-8H,1-2H3. The molecule has 3 aromatic rings. The Bertz CT molecular complexity index is 896. The number of pyridine rings is 1. The maximum atomic E-state index is 9.00. The molecule has 0 aliphatic rings. The Hall–Kier alpha value is -2.36. The van der Waals surface area contributed by atoms with Crippen molar-refractivity contribution in [3.05, 3.63) is 52.7 Å². The van der Waals surface area contributed by atoms with Gasteiger partial charge in [-0.2, -0.15) is 5.26 Å². The van der Waals surface area contributed by atoms with Crippen molar-refractivity contribution in [2.75, 3.05) is 0 Å². The minimum atomic E-state index is 0.206. The first-order valence-corrected chi connectivity index (χ1v) is 7.99. The van der Waals surface area contributed by atoms with Crippen LogP contribution in [0, 0.1) is 18.3 Å². The Labute approximate surface area is 143 Å². The highest BCUT2D eigenvalue weighted by molar-refractivity contribution is 7.99. The van der Waals surface area contributed by atoms with Gasteiger partial charge in [0.2, 0.25) is 0 Å². The topological polar surface area (TPSA) is 67.4 Å². The van der Waals surface area contributed by atoms with Gasteiger partial charge in [0.25, 0.3) is 0 Å². The summed E-state index contributed by atoms with van der Waals surface area (Å²) in [6.07, 6.45) is 0. The van der Waals surface area contributed by atoms with E-state index >= 15 is 0 Å². The summed E-state index contributed by atoms with van der Waals surface area (Å²) in [5, 5.41) is 19.1. The molecule has 0 aliphatic carbocycles. The van der Waals surface area contributed by atoms with Crippen LogP contribution in [0.3, 0.4) is 0 Å². The summed E-state index contributed by atoms with van der Waals surface area (Å²) in [4.78, 5) is 4.21. The quantitative estimate of drug-likeness (QED) is 0.723. The van der Waals surface area contributed by atoms with Crippen LogP contribution in [-0.4, -0.2) is 19.7 Å². The summed E-state index contributed by atoms with van der Waals surface area (Å²) in [5.41, 5.74) is 2.40. The molecule has 23 heavy (non-hydrogen) atoms. The van der Waals surface area contributed by atoms with E-state index in [1.54, 1.807) is 12.1 Å². The number of hydrogen-bond acceptors (Lipinski definition) is 5. The second-order valence-electron chi connectivity index (χ2n) is 4.93. The van der Waals surface area contributed by atoms with Crippen LogP contribution < -0.4 is 0 Å². The van der Waals surface area contributed by atoms with E-state index in [-0.39, 0.29) is 5.69 Å². The predicted octanol–water partition coefficient (Wildman–Crippen LogP) is 3.86. The third-order valence-corrected chi connectivity index (χ3v) is 4.55. The molecule has 2 heterocycles. The van der Waals surface area contributed by atoms with Crippen molar-refractivity contribution >= 4 is 23.4 Å². The molecule has 7 heteroatoms. The van der Waals surface area contributed by atoms with E-state index in [1.807, 2.05) is 48.9 Å². The molecule has 0 atom stereocenters. The van der Waals surface area contributed by atoms with E-state index in [1.165, 1.54) is 17.3 Å². The zero-order valence-corrected chi connectivity index (χ0v) is 14.1. The Kier molecular flexibility index (Phi) is 4.33. The summed E-state index contributed by atoms with van der Waals surface area (Å²) in [6.45, 7) is 2.04. The van der Waals surface area contributed by atoms with Gasteiger partial charge in [-0.25, -0.2) is 4.98 Å². The van der Waals surface area contributed by atoms with Crippen LogP contribution >= 0.6 is 23.4 Å². The number of benzene rings is 1. The Morgan fingerprint density at radius 3 is 2.57 bits per heavy atom. The van der Waals surface area contributed by atoms with Gasteiger partial charge in [-0.15, -0.1) is 10.2 Å². The van der Waals surface area contributed by atoms with Crippen LogP contribution in [0.25, 0.3) is 11.4 Å². The van der Waals surface area contributed by atoms with Gasteiger partial charge in [-0.05, 0) is 30.8 Å². The number of rotatable bonds is 3. The van der Waals surface area contributed by atoms with E-state index in [9.17, 15) is 0 Å². The number of nitriles is 1. The maximum Gasteiger partial charge on any atom is 0.197 e. The first-order chi connectivity index (χ1) is 11.1. The first kappa shape index (κ1) is 15.5. The van der Waals surface area contributed by atoms with Gasteiger partial charge in [0, 0.05) is 12.6 Å². The van der Waals surface area contributed by atoms with E-state index in [0.717, 1.165) is 11.4 Å². The monoisotopic (exact) mass is 341 g/mol. The van der Waals surface area contributed by atoms with Crippen molar-refractivity contribution in [2.45, 2.75) is 17.1 Å². The number of halogens is 1. The molecule has 0 fully saturated rings. The Morgan fingerprint density at radius 2 is 1.87 bits per heavy atom. The molecule has 0 amide bonds. The Balaban J connectivity index is 1.91. The lowest BCUT2D eigenvalue weighted by Crippen LogP contribution is -1.95. The van der Waals surface area contributed by atoms with E-state index in [4.69, 9.17) is 16.9 Å². The third-order valence-electron chi connectivity index (χ3n) is 3.27. The molecule has 0 saturated carbocycles. The van der Waals surface area contributed by atoms with Crippen molar-refractivity contribution in [3.8, 4) is 17.5 Å². The normalized spacial score (nSPS) is 10.5. The van der Waals surface area contributed by atoms with Crippen molar-refractivity contribution in [1.82, 2.24) is 19.7 Å². The van der Waals surface area contributed by atoms with Crippen LogP contribution in [0.15, 0.2) is 46.6 Å². The van der Waals surface area contributed by atoms with E-state index < -0.39 is 0 Å². The third kappa shape index (κ3) is 3.21. The van der Waals surface area contributed by atoms with Gasteiger partial charge in [-0.3, -0.25) is 0 Å². The van der Waals surface area contributed by atoms with E-state index in [2.05, 4.69) is 15.2 Å². The van der Waals surface area contributed by atoms with Crippen LogP contribution in [0.4, 0.5) is 0 Å². The summed E-state index contributed by atoms with van der Waals surface area (Å²) in [6, 6.07) is 13.5. The molecule has 114 valence electrons. The average Bonchev–Trinajstić information content (AvgIpc) is 2.91. The highest BCUT2D eigenvalue weighted by Gasteiger charge is 2.13. The molecule has 0 saturated heterocycles. The molecule has 0 radical (unpaired) electrons. The fourth-order valence-corrected chi connectivity index (χ4v) is 2.92. The summed E-state index contributed by atoms with van der Waals surface area (Å²) >= 11 is 7.24. The fraction of sp³-hybridized carbons (Fsp3) is 0.125. The number of hydrogen-bond donors (Lipinski definition) is 0. The fourth-order valence-electron chi connectivity index (χ4n) is 2.01. The zero-order valence-electron chi connectivity index (χ0n) is 12.5. The van der Waals surface area contributed by atoms with Crippen LogP contribution in [0.2, 0.25) is 5.02 Å². The molecule has 0 bridgehead atoms. The van der Waals surface area contributed by atoms with Gasteiger partial charge in [0.15, 0.2) is 16.7 Å². The predicted molar refractivity (Wildman–Crippen MR) is 89.3 cm³/mol. The summed E-state index contributed by atoms with van der Waals surface area (Å²) in [5.74, 6) is 0.780. The van der Waals surface area contributed by atoms with Crippen LogP contribution in [-0.2, 0) is 7.05 Å². The second-order valence-corrected chi connectivity index (χ2v) is 6.32. The van der Waals surface area contributed by atoms with Gasteiger partial charge < -0.3 is 4.57 Å². The summed E-state index contributed by atoms with van der Waals surface area (Å²) < 4.78 is 1.90. The minimum Gasteiger partial charge on any atom is -0.305 e. The number of nitrogens with zero attached hydrogens (tertiary/aromatic N) is 5.